The lowest BCUT2D eigenvalue weighted by molar-refractivity contribution is -0.121. The molecule has 0 unspecified atom stereocenters. The molecular weight excluding hydrogens is 338 g/mol. The van der Waals surface area contributed by atoms with Gasteiger partial charge < -0.3 is 10.3 Å². The van der Waals surface area contributed by atoms with E-state index in [1.54, 1.807) is 23.1 Å². The van der Waals surface area contributed by atoms with Gasteiger partial charge in [-0.1, -0.05) is 30.0 Å². The van der Waals surface area contributed by atoms with E-state index in [0.29, 0.717) is 6.42 Å². The summed E-state index contributed by atoms with van der Waals surface area (Å²) in [5.41, 5.74) is 2.45. The molecule has 1 amide bonds. The molecule has 3 rings (SSSR count). The number of carbonyl (C=O) groups is 1. The van der Waals surface area contributed by atoms with Crippen LogP contribution in [0.4, 0.5) is 0 Å². The number of nitrogens with one attached hydrogen (secondary N) is 2. The molecule has 24 heavy (non-hydrogen) atoms. The van der Waals surface area contributed by atoms with Crippen molar-refractivity contribution < 1.29 is 4.79 Å². The van der Waals surface area contributed by atoms with Crippen molar-refractivity contribution in [2.75, 3.05) is 12.3 Å². The lowest BCUT2D eigenvalue weighted by Gasteiger charge is -2.04. The number of H-pyrrole nitrogens is 1. The molecule has 2 aromatic heterocycles. The zero-order chi connectivity index (χ0) is 16.6. The van der Waals surface area contributed by atoms with E-state index in [4.69, 9.17) is 0 Å². The van der Waals surface area contributed by atoms with Gasteiger partial charge in [0, 0.05) is 47.4 Å². The molecule has 0 fully saturated rings. The Hall–Kier alpha value is -1.79. The summed E-state index contributed by atoms with van der Waals surface area (Å²) in [5, 5.41) is 6.25. The summed E-state index contributed by atoms with van der Waals surface area (Å²) in [6.07, 6.45) is 7.23. The number of nitrogens with zero attached hydrogens (tertiary/aromatic N) is 1. The normalized spacial score (nSPS) is 11.0. The minimum atomic E-state index is 0.147. The van der Waals surface area contributed by atoms with Gasteiger partial charge in [0.05, 0.1) is 0 Å². The third-order valence-corrected chi connectivity index (χ3v) is 5.86. The summed E-state index contributed by atoms with van der Waals surface area (Å²) in [4.78, 5) is 19.4. The van der Waals surface area contributed by atoms with Crippen LogP contribution in [-0.4, -0.2) is 28.2 Å². The number of carbonyl (C=O) groups excluding carboxylic acids is 1. The van der Waals surface area contributed by atoms with Crippen molar-refractivity contribution in [1.29, 1.82) is 0 Å². The highest BCUT2D eigenvalue weighted by Gasteiger charge is 2.05. The largest absolute Gasteiger partial charge is 0.361 e. The molecule has 1 aromatic carbocycles. The first-order valence-corrected chi connectivity index (χ1v) is 10.0. The zero-order valence-electron chi connectivity index (χ0n) is 13.5. The van der Waals surface area contributed by atoms with Crippen molar-refractivity contribution in [2.45, 2.75) is 30.0 Å². The number of aromatic amines is 1. The van der Waals surface area contributed by atoms with Gasteiger partial charge in [-0.05, 0) is 30.9 Å². The molecule has 0 aliphatic heterocycles. The van der Waals surface area contributed by atoms with Crippen LogP contribution in [0.3, 0.4) is 0 Å². The van der Waals surface area contributed by atoms with Crippen molar-refractivity contribution >= 4 is 39.9 Å². The summed E-state index contributed by atoms with van der Waals surface area (Å²) in [6.45, 7) is 0.740. The topological polar surface area (TPSA) is 57.8 Å². The Kier molecular flexibility index (Phi) is 6.32. The number of amides is 1. The van der Waals surface area contributed by atoms with Crippen LogP contribution in [0.5, 0.6) is 0 Å². The first-order chi connectivity index (χ1) is 11.8. The minimum Gasteiger partial charge on any atom is -0.361 e. The number of hydrogen-bond donors (Lipinski definition) is 2. The molecule has 2 N–H and O–H groups in total. The van der Waals surface area contributed by atoms with Crippen molar-refractivity contribution in [2.24, 2.45) is 0 Å². The number of benzene rings is 1. The second-order valence-corrected chi connectivity index (χ2v) is 7.80. The predicted octanol–water partition coefficient (Wildman–Crippen LogP) is 4.25. The molecule has 3 aromatic rings. The monoisotopic (exact) mass is 359 g/mol. The lowest BCUT2D eigenvalue weighted by atomic mass is 10.1. The fourth-order valence-corrected chi connectivity index (χ4v) is 4.25. The number of hydrogen-bond acceptors (Lipinski definition) is 4. The van der Waals surface area contributed by atoms with E-state index in [-0.39, 0.29) is 5.91 Å². The Morgan fingerprint density at radius 2 is 2.21 bits per heavy atom. The van der Waals surface area contributed by atoms with Crippen LogP contribution >= 0.6 is 23.1 Å². The first kappa shape index (κ1) is 17.0. The van der Waals surface area contributed by atoms with Crippen LogP contribution in [0.25, 0.3) is 10.9 Å². The van der Waals surface area contributed by atoms with E-state index in [9.17, 15) is 4.79 Å². The number of rotatable bonds is 9. The van der Waals surface area contributed by atoms with Gasteiger partial charge in [-0.15, -0.1) is 11.3 Å². The minimum absolute atomic E-state index is 0.147. The van der Waals surface area contributed by atoms with E-state index in [1.807, 2.05) is 17.6 Å². The summed E-state index contributed by atoms with van der Waals surface area (Å²) in [5.74, 6) is 1.14. The van der Waals surface area contributed by atoms with E-state index < -0.39 is 0 Å². The Morgan fingerprint density at radius 3 is 3.08 bits per heavy atom. The third-order valence-electron chi connectivity index (χ3n) is 3.80. The van der Waals surface area contributed by atoms with Gasteiger partial charge in [-0.3, -0.25) is 4.79 Å². The van der Waals surface area contributed by atoms with Gasteiger partial charge in [-0.25, -0.2) is 4.98 Å². The number of fused-ring (bicyclic) bond motifs is 1. The molecule has 0 radical (unpaired) electrons. The van der Waals surface area contributed by atoms with Crippen LogP contribution in [-0.2, 0) is 11.2 Å². The highest BCUT2D eigenvalue weighted by atomic mass is 32.2. The van der Waals surface area contributed by atoms with Crippen molar-refractivity contribution in [3.63, 3.8) is 0 Å². The molecule has 0 aliphatic carbocycles. The maximum absolute atomic E-state index is 11.9. The summed E-state index contributed by atoms with van der Waals surface area (Å²) in [7, 11) is 0. The summed E-state index contributed by atoms with van der Waals surface area (Å²) < 4.78 is 1.10. The van der Waals surface area contributed by atoms with Crippen molar-refractivity contribution in [3.05, 3.63) is 47.6 Å². The fraction of sp³-hybridized carbons (Fsp3) is 0.333. The first-order valence-electron chi connectivity index (χ1n) is 8.17. The number of aromatic nitrogens is 2. The Morgan fingerprint density at radius 1 is 1.29 bits per heavy atom. The van der Waals surface area contributed by atoms with E-state index in [1.165, 1.54) is 10.9 Å². The SMILES string of the molecule is O=C(CCCc1c[nH]c2ccccc12)NCCCSc1nccs1. The average molecular weight is 360 g/mol. The molecule has 126 valence electrons. The van der Waals surface area contributed by atoms with Crippen molar-refractivity contribution in [3.8, 4) is 0 Å². The van der Waals surface area contributed by atoms with Crippen molar-refractivity contribution in [1.82, 2.24) is 15.3 Å². The second-order valence-electron chi connectivity index (χ2n) is 5.56. The van der Waals surface area contributed by atoms with Gasteiger partial charge in [0.2, 0.25) is 5.91 Å². The van der Waals surface area contributed by atoms with E-state index in [0.717, 1.165) is 41.4 Å². The number of thiazole rings is 1. The van der Waals surface area contributed by atoms with E-state index >= 15 is 0 Å². The molecule has 0 atom stereocenters. The Balaban J connectivity index is 1.30. The zero-order valence-corrected chi connectivity index (χ0v) is 15.1. The maximum Gasteiger partial charge on any atom is 0.220 e. The molecule has 4 nitrogen and oxygen atoms in total. The number of para-hydroxylation sites is 1. The Bertz CT molecular complexity index is 768. The van der Waals surface area contributed by atoms with Crippen LogP contribution in [0.2, 0.25) is 0 Å². The lowest BCUT2D eigenvalue weighted by Crippen LogP contribution is -2.24. The van der Waals surface area contributed by atoms with Gasteiger partial charge in [0.25, 0.3) is 0 Å². The van der Waals surface area contributed by atoms with Gasteiger partial charge >= 0.3 is 0 Å². The smallest absolute Gasteiger partial charge is 0.220 e. The second kappa shape index (κ2) is 8.89. The molecule has 0 saturated carbocycles. The summed E-state index contributed by atoms with van der Waals surface area (Å²) in [6, 6.07) is 8.29. The van der Waals surface area contributed by atoms with Crippen LogP contribution in [0.15, 0.2) is 46.4 Å². The molecule has 0 aliphatic rings. The summed E-state index contributed by atoms with van der Waals surface area (Å²) >= 11 is 3.41. The molecule has 0 bridgehead atoms. The molecular formula is C18H21N3OS2. The van der Waals surface area contributed by atoms with Crippen LogP contribution < -0.4 is 5.32 Å². The fourth-order valence-electron chi connectivity index (χ4n) is 2.61. The molecule has 2 heterocycles. The predicted molar refractivity (Wildman–Crippen MR) is 102 cm³/mol. The Labute approximate surface area is 150 Å². The van der Waals surface area contributed by atoms with Crippen LogP contribution in [0.1, 0.15) is 24.8 Å². The van der Waals surface area contributed by atoms with E-state index in [2.05, 4.69) is 39.7 Å². The molecule has 0 spiro atoms. The van der Waals surface area contributed by atoms with Crippen LogP contribution in [0, 0.1) is 0 Å². The van der Waals surface area contributed by atoms with Gasteiger partial charge in [0.1, 0.15) is 4.34 Å². The van der Waals surface area contributed by atoms with Gasteiger partial charge in [0.15, 0.2) is 0 Å². The number of thioether (sulfide) groups is 1. The standard InChI is InChI=1S/C18H21N3OS2/c22-17(19-9-4-11-23-18-20-10-12-24-18)8-3-5-14-13-21-16-7-2-1-6-15(14)16/h1-2,6-7,10,12-13,21H,3-5,8-9,11H2,(H,19,22). The quantitative estimate of drug-likeness (QED) is 0.444. The third kappa shape index (κ3) is 4.85. The van der Waals surface area contributed by atoms with Gasteiger partial charge in [-0.2, -0.15) is 0 Å². The maximum atomic E-state index is 11.9. The average Bonchev–Trinajstić information content (AvgIpc) is 3.25. The number of aryl methyl sites for hydroxylation is 1. The highest BCUT2D eigenvalue weighted by molar-refractivity contribution is 8.00. The highest BCUT2D eigenvalue weighted by Crippen LogP contribution is 2.21. The molecule has 0 saturated heterocycles. The molecule has 6 heteroatoms.